The highest BCUT2D eigenvalue weighted by Crippen LogP contribution is 2.47. The van der Waals surface area contributed by atoms with Gasteiger partial charge in [-0.3, -0.25) is 0 Å². The van der Waals surface area contributed by atoms with Crippen LogP contribution in [0.15, 0.2) is 18.2 Å². The Balaban J connectivity index is 2.10. The zero-order chi connectivity index (χ0) is 16.0. The van der Waals surface area contributed by atoms with Gasteiger partial charge < -0.3 is 15.4 Å². The van der Waals surface area contributed by atoms with Gasteiger partial charge >= 0.3 is 12.2 Å². The summed E-state index contributed by atoms with van der Waals surface area (Å²) in [6.45, 7) is -0.878. The minimum atomic E-state index is -4.80. The van der Waals surface area contributed by atoms with Crippen LogP contribution in [0.2, 0.25) is 0 Å². The van der Waals surface area contributed by atoms with Gasteiger partial charge in [0.15, 0.2) is 0 Å². The van der Waals surface area contributed by atoms with E-state index in [2.05, 4.69) is 10.6 Å². The van der Waals surface area contributed by atoms with Crippen LogP contribution in [0.3, 0.4) is 0 Å². The molecule has 1 aliphatic carbocycles. The van der Waals surface area contributed by atoms with Gasteiger partial charge in [0.25, 0.3) is 0 Å². The van der Waals surface area contributed by atoms with Crippen LogP contribution in [0.4, 0.5) is 28.0 Å². The third-order valence-corrected chi connectivity index (χ3v) is 3.88. The number of urea groups is 1. The quantitative estimate of drug-likeness (QED) is 0.841. The van der Waals surface area contributed by atoms with Crippen molar-refractivity contribution in [3.63, 3.8) is 0 Å². The van der Waals surface area contributed by atoms with E-state index in [9.17, 15) is 22.4 Å². The normalized spacial score (nSPS) is 25.0. The van der Waals surface area contributed by atoms with Crippen LogP contribution in [0.5, 0.6) is 0 Å². The number of fused-ring (bicyclic) bond motifs is 1. The van der Waals surface area contributed by atoms with Crippen molar-refractivity contribution in [2.75, 3.05) is 18.5 Å². The molecule has 3 rings (SSSR count). The number of ether oxygens (including phenoxy) is 1. The molecule has 2 amide bonds. The van der Waals surface area contributed by atoms with Crippen molar-refractivity contribution in [3.8, 4) is 0 Å². The first kappa shape index (κ1) is 15.1. The molecule has 1 saturated carbocycles. The largest absolute Gasteiger partial charge is 0.423 e. The average molecular weight is 318 g/mol. The third kappa shape index (κ3) is 2.63. The van der Waals surface area contributed by atoms with E-state index < -0.39 is 35.7 Å². The van der Waals surface area contributed by atoms with Crippen molar-refractivity contribution in [2.45, 2.75) is 24.6 Å². The Morgan fingerprint density at radius 3 is 2.68 bits per heavy atom. The van der Waals surface area contributed by atoms with E-state index >= 15 is 0 Å². The molecule has 0 radical (unpaired) electrons. The first-order valence-electron chi connectivity index (χ1n) is 6.87. The van der Waals surface area contributed by atoms with E-state index in [4.69, 9.17) is 4.74 Å². The first-order valence-corrected chi connectivity index (χ1v) is 6.87. The summed E-state index contributed by atoms with van der Waals surface area (Å²) in [6, 6.07) is 2.08. The maximum Gasteiger partial charge on any atom is 0.423 e. The van der Waals surface area contributed by atoms with Crippen molar-refractivity contribution >= 4 is 11.7 Å². The Hall–Kier alpha value is -1.83. The van der Waals surface area contributed by atoms with Gasteiger partial charge in [-0.15, -0.1) is 0 Å². The Bertz CT molecular complexity index is 601. The van der Waals surface area contributed by atoms with E-state index in [0.717, 1.165) is 31.0 Å². The molecule has 2 aliphatic rings. The minimum Gasteiger partial charge on any atom is -0.359 e. The number of amides is 2. The topological polar surface area (TPSA) is 50.4 Å². The zero-order valence-corrected chi connectivity index (χ0v) is 11.5. The summed E-state index contributed by atoms with van der Waals surface area (Å²) in [6.07, 6.45) is -3.17. The number of carbonyl (C=O) groups is 1. The van der Waals surface area contributed by atoms with Gasteiger partial charge in [-0.25, -0.2) is 9.18 Å². The van der Waals surface area contributed by atoms with E-state index in [1.54, 1.807) is 0 Å². The highest BCUT2D eigenvalue weighted by molar-refractivity contribution is 5.91. The third-order valence-electron chi connectivity index (χ3n) is 3.88. The monoisotopic (exact) mass is 318 g/mol. The second-order valence-corrected chi connectivity index (χ2v) is 5.58. The molecule has 1 aliphatic heterocycles. The second kappa shape index (κ2) is 5.12. The molecule has 8 heteroatoms. The molecule has 1 fully saturated rings. The number of alkyl halides is 3. The fraction of sp³-hybridized carbons (Fsp3) is 0.500. The maximum absolute atomic E-state index is 13.8. The highest BCUT2D eigenvalue weighted by Gasteiger charge is 2.59. The Kier molecular flexibility index (Phi) is 3.51. The number of hydrogen-bond donors (Lipinski definition) is 2. The predicted molar refractivity (Wildman–Crippen MR) is 69.8 cm³/mol. The lowest BCUT2D eigenvalue weighted by molar-refractivity contribution is -0.282. The Labute approximate surface area is 123 Å². The summed E-state index contributed by atoms with van der Waals surface area (Å²) in [5, 5.41) is 4.42. The Morgan fingerprint density at radius 1 is 1.32 bits per heavy atom. The van der Waals surface area contributed by atoms with Gasteiger partial charge in [-0.2, -0.15) is 13.2 Å². The summed E-state index contributed by atoms with van der Waals surface area (Å²) >= 11 is 0. The van der Waals surface area contributed by atoms with Crippen molar-refractivity contribution in [1.82, 2.24) is 5.32 Å². The van der Waals surface area contributed by atoms with Crippen LogP contribution in [0.1, 0.15) is 18.4 Å². The molecule has 0 bridgehead atoms. The van der Waals surface area contributed by atoms with Gasteiger partial charge in [-0.05, 0) is 37.0 Å². The summed E-state index contributed by atoms with van der Waals surface area (Å²) in [4.78, 5) is 11.6. The van der Waals surface area contributed by atoms with Gasteiger partial charge in [0.1, 0.15) is 5.82 Å². The summed E-state index contributed by atoms with van der Waals surface area (Å²) < 4.78 is 60.0. The van der Waals surface area contributed by atoms with Crippen molar-refractivity contribution < 1.29 is 27.1 Å². The average Bonchev–Trinajstić information content (AvgIpc) is 3.24. The van der Waals surface area contributed by atoms with E-state index in [0.29, 0.717) is 0 Å². The summed E-state index contributed by atoms with van der Waals surface area (Å²) in [5.41, 5.74) is -3.28. The Morgan fingerprint density at radius 2 is 2.05 bits per heavy atom. The highest BCUT2D eigenvalue weighted by atomic mass is 19.4. The number of hydrogen-bond acceptors (Lipinski definition) is 2. The zero-order valence-electron chi connectivity index (χ0n) is 11.5. The molecule has 1 heterocycles. The molecule has 0 aromatic heterocycles. The number of rotatable bonds is 3. The summed E-state index contributed by atoms with van der Waals surface area (Å²) in [5.74, 6) is -0.735. The van der Waals surface area contributed by atoms with Gasteiger partial charge in [0, 0.05) is 11.3 Å². The SMILES string of the molecule is O=C1NCC(OCC2CC2)(C(F)(F)F)c2cc(F)ccc2N1. The van der Waals surface area contributed by atoms with E-state index in [1.165, 1.54) is 0 Å². The lowest BCUT2D eigenvalue weighted by atomic mass is 9.91. The molecular weight excluding hydrogens is 304 g/mol. The van der Waals surface area contributed by atoms with Gasteiger partial charge in [0.2, 0.25) is 5.60 Å². The number of nitrogens with one attached hydrogen (secondary N) is 2. The molecule has 1 unspecified atom stereocenters. The lowest BCUT2D eigenvalue weighted by Crippen LogP contribution is -2.52. The second-order valence-electron chi connectivity index (χ2n) is 5.58. The predicted octanol–water partition coefficient (Wildman–Crippen LogP) is 3.15. The van der Waals surface area contributed by atoms with Crippen LogP contribution >= 0.6 is 0 Å². The fourth-order valence-corrected chi connectivity index (χ4v) is 2.43. The van der Waals surface area contributed by atoms with Crippen LogP contribution < -0.4 is 10.6 Å². The molecule has 120 valence electrons. The van der Waals surface area contributed by atoms with E-state index in [1.807, 2.05) is 0 Å². The van der Waals surface area contributed by atoms with Crippen molar-refractivity contribution in [2.24, 2.45) is 5.92 Å². The van der Waals surface area contributed by atoms with Gasteiger partial charge in [-0.1, -0.05) is 0 Å². The lowest BCUT2D eigenvalue weighted by Gasteiger charge is -2.35. The first-order chi connectivity index (χ1) is 10.3. The molecule has 2 N–H and O–H groups in total. The maximum atomic E-state index is 13.8. The van der Waals surface area contributed by atoms with Crippen molar-refractivity contribution in [3.05, 3.63) is 29.6 Å². The van der Waals surface area contributed by atoms with Crippen LogP contribution in [-0.2, 0) is 10.3 Å². The standard InChI is InChI=1S/C14H14F4N2O2/c15-9-3-4-11-10(5-9)13(14(16,17)18,7-19-12(21)20-11)22-6-8-1-2-8/h3-5,8H,1-2,6-7H2,(H2,19,20,21). The van der Waals surface area contributed by atoms with Crippen molar-refractivity contribution in [1.29, 1.82) is 0 Å². The number of carbonyl (C=O) groups excluding carboxylic acids is 1. The molecule has 4 nitrogen and oxygen atoms in total. The number of benzene rings is 1. The molecular formula is C14H14F4N2O2. The smallest absolute Gasteiger partial charge is 0.359 e. The molecule has 22 heavy (non-hydrogen) atoms. The fourth-order valence-electron chi connectivity index (χ4n) is 2.43. The molecule has 1 aromatic carbocycles. The number of anilines is 1. The molecule has 0 saturated heterocycles. The van der Waals surface area contributed by atoms with Crippen LogP contribution in [0.25, 0.3) is 0 Å². The molecule has 1 atom stereocenters. The number of halogens is 4. The van der Waals surface area contributed by atoms with Crippen LogP contribution in [-0.4, -0.2) is 25.4 Å². The molecule has 1 aromatic rings. The van der Waals surface area contributed by atoms with Crippen LogP contribution in [0, 0.1) is 11.7 Å². The van der Waals surface area contributed by atoms with Gasteiger partial charge in [0.05, 0.1) is 13.2 Å². The molecule has 0 spiro atoms. The minimum absolute atomic E-state index is 0.0780. The van der Waals surface area contributed by atoms with E-state index in [-0.39, 0.29) is 18.2 Å². The summed E-state index contributed by atoms with van der Waals surface area (Å²) in [7, 11) is 0.